The lowest BCUT2D eigenvalue weighted by Gasteiger charge is -2.31. The normalized spacial score (nSPS) is 21.1. The van der Waals surface area contributed by atoms with E-state index in [9.17, 15) is 13.2 Å². The molecule has 2 saturated heterocycles. The highest BCUT2D eigenvalue weighted by Gasteiger charge is 2.33. The first-order valence-corrected chi connectivity index (χ1v) is 13.5. The number of rotatable bonds is 7. The van der Waals surface area contributed by atoms with Crippen molar-refractivity contribution in [3.63, 3.8) is 0 Å². The Kier molecular flexibility index (Phi) is 7.83. The van der Waals surface area contributed by atoms with Gasteiger partial charge in [-0.25, -0.2) is 8.42 Å². The molecule has 178 valence electrons. The molecule has 1 atom stereocenters. The summed E-state index contributed by atoms with van der Waals surface area (Å²) in [4.78, 5) is 15.8. The molecule has 0 saturated carbocycles. The van der Waals surface area contributed by atoms with Gasteiger partial charge in [0.05, 0.1) is 10.8 Å². The lowest BCUT2D eigenvalue weighted by molar-refractivity contribution is -0.126. The number of carbonyl (C=O) groups is 1. The van der Waals surface area contributed by atoms with Gasteiger partial charge in [0.15, 0.2) is 0 Å². The van der Waals surface area contributed by atoms with Crippen LogP contribution in [0.15, 0.2) is 59.5 Å². The van der Waals surface area contributed by atoms with E-state index in [1.165, 1.54) is 22.7 Å². The Balaban J connectivity index is 1.35. The van der Waals surface area contributed by atoms with Crippen LogP contribution in [0.2, 0.25) is 0 Å². The van der Waals surface area contributed by atoms with Crippen LogP contribution < -0.4 is 5.32 Å². The predicted octanol–water partition coefficient (Wildman–Crippen LogP) is 3.64. The molecule has 2 heterocycles. The summed E-state index contributed by atoms with van der Waals surface area (Å²) in [7, 11) is -3.57. The Morgan fingerprint density at radius 2 is 1.61 bits per heavy atom. The first-order chi connectivity index (χ1) is 15.9. The standard InChI is InChI=1S/C26H35N3O3S/c1-21-13-16-28(17-14-21)19-23-9-6-5-8-22(23)18-27-26(30)24-10-7-15-29(20-24)33(31,32)25-11-3-2-4-12-25/h2-6,8-9,11-12,21,24H,7,10,13-20H2,1H3,(H,27,30). The minimum atomic E-state index is -3.57. The lowest BCUT2D eigenvalue weighted by Crippen LogP contribution is -2.45. The van der Waals surface area contributed by atoms with Crippen LogP contribution in [-0.2, 0) is 27.9 Å². The molecule has 1 unspecified atom stereocenters. The van der Waals surface area contributed by atoms with Crippen molar-refractivity contribution in [1.82, 2.24) is 14.5 Å². The molecule has 0 aliphatic carbocycles. The summed E-state index contributed by atoms with van der Waals surface area (Å²) in [5.41, 5.74) is 2.39. The van der Waals surface area contributed by atoms with Crippen LogP contribution in [-0.4, -0.2) is 49.7 Å². The average Bonchev–Trinajstić information content (AvgIpc) is 2.85. The van der Waals surface area contributed by atoms with Gasteiger partial charge in [0.1, 0.15) is 0 Å². The van der Waals surface area contributed by atoms with E-state index >= 15 is 0 Å². The summed E-state index contributed by atoms with van der Waals surface area (Å²) in [5.74, 6) is 0.411. The maximum atomic E-state index is 13.0. The zero-order valence-corrected chi connectivity index (χ0v) is 20.3. The van der Waals surface area contributed by atoms with Gasteiger partial charge in [0, 0.05) is 26.2 Å². The molecule has 2 aromatic rings. The minimum Gasteiger partial charge on any atom is -0.352 e. The third kappa shape index (κ3) is 6.02. The monoisotopic (exact) mass is 469 g/mol. The number of sulfonamides is 1. The summed E-state index contributed by atoms with van der Waals surface area (Å²) >= 11 is 0. The molecule has 2 aromatic carbocycles. The van der Waals surface area contributed by atoms with Crippen molar-refractivity contribution in [1.29, 1.82) is 0 Å². The van der Waals surface area contributed by atoms with E-state index in [1.807, 2.05) is 6.07 Å². The number of hydrogen-bond donors (Lipinski definition) is 1. The Hall–Kier alpha value is -2.22. The van der Waals surface area contributed by atoms with Crippen molar-refractivity contribution >= 4 is 15.9 Å². The predicted molar refractivity (Wildman–Crippen MR) is 130 cm³/mol. The summed E-state index contributed by atoms with van der Waals surface area (Å²) in [6.07, 6.45) is 3.88. The second kappa shape index (κ2) is 10.8. The van der Waals surface area contributed by atoms with E-state index < -0.39 is 10.0 Å². The smallest absolute Gasteiger partial charge is 0.243 e. The largest absolute Gasteiger partial charge is 0.352 e. The lowest BCUT2D eigenvalue weighted by atomic mass is 9.97. The van der Waals surface area contributed by atoms with Gasteiger partial charge in [-0.1, -0.05) is 49.4 Å². The SMILES string of the molecule is CC1CCN(Cc2ccccc2CNC(=O)C2CCCN(S(=O)(=O)c3ccccc3)C2)CC1. The van der Waals surface area contributed by atoms with Crippen LogP contribution in [0.3, 0.4) is 0 Å². The van der Waals surface area contributed by atoms with E-state index in [1.54, 1.807) is 30.3 Å². The van der Waals surface area contributed by atoms with Gasteiger partial charge in [-0.05, 0) is 68.0 Å². The quantitative estimate of drug-likeness (QED) is 0.672. The van der Waals surface area contributed by atoms with Gasteiger partial charge >= 0.3 is 0 Å². The number of nitrogens with one attached hydrogen (secondary N) is 1. The molecule has 2 fully saturated rings. The molecule has 0 spiro atoms. The van der Waals surface area contributed by atoms with Crippen LogP contribution in [0, 0.1) is 11.8 Å². The molecule has 0 radical (unpaired) electrons. The average molecular weight is 470 g/mol. The highest BCUT2D eigenvalue weighted by atomic mass is 32.2. The van der Waals surface area contributed by atoms with E-state index in [4.69, 9.17) is 0 Å². The second-order valence-electron chi connectivity index (χ2n) is 9.46. The van der Waals surface area contributed by atoms with Gasteiger partial charge in [-0.15, -0.1) is 0 Å². The van der Waals surface area contributed by atoms with Crippen LogP contribution in [0.5, 0.6) is 0 Å². The topological polar surface area (TPSA) is 69.7 Å². The van der Waals surface area contributed by atoms with Gasteiger partial charge in [-0.2, -0.15) is 4.31 Å². The Morgan fingerprint density at radius 1 is 0.939 bits per heavy atom. The van der Waals surface area contributed by atoms with Crippen LogP contribution >= 0.6 is 0 Å². The summed E-state index contributed by atoms with van der Waals surface area (Å²) < 4.78 is 27.4. The number of hydrogen-bond acceptors (Lipinski definition) is 4. The third-order valence-corrected chi connectivity index (χ3v) is 8.86. The third-order valence-electron chi connectivity index (χ3n) is 6.98. The van der Waals surface area contributed by atoms with Crippen LogP contribution in [0.4, 0.5) is 0 Å². The van der Waals surface area contributed by atoms with Crippen LogP contribution in [0.1, 0.15) is 43.7 Å². The zero-order valence-electron chi connectivity index (χ0n) is 19.4. The summed E-state index contributed by atoms with van der Waals surface area (Å²) in [6, 6.07) is 16.8. The van der Waals surface area contributed by atoms with Crippen LogP contribution in [0.25, 0.3) is 0 Å². The molecule has 0 bridgehead atoms. The minimum absolute atomic E-state index is 0.0652. The van der Waals surface area contributed by atoms with Crippen molar-refractivity contribution in [3.8, 4) is 0 Å². The zero-order chi connectivity index (χ0) is 23.3. The van der Waals surface area contributed by atoms with E-state index in [-0.39, 0.29) is 23.3 Å². The Labute approximate surface area is 198 Å². The van der Waals surface area contributed by atoms with E-state index in [2.05, 4.69) is 35.3 Å². The van der Waals surface area contributed by atoms with E-state index in [0.717, 1.165) is 31.1 Å². The number of carbonyl (C=O) groups excluding carboxylic acids is 1. The summed E-state index contributed by atoms with van der Waals surface area (Å²) in [6.45, 7) is 6.63. The van der Waals surface area contributed by atoms with Gasteiger partial charge in [-0.3, -0.25) is 9.69 Å². The molecule has 2 aliphatic heterocycles. The molecule has 33 heavy (non-hydrogen) atoms. The number of benzene rings is 2. The van der Waals surface area contributed by atoms with Gasteiger partial charge < -0.3 is 5.32 Å². The van der Waals surface area contributed by atoms with Crippen molar-refractivity contribution in [2.45, 2.75) is 50.6 Å². The number of piperidine rings is 2. The fourth-order valence-corrected chi connectivity index (χ4v) is 6.33. The van der Waals surface area contributed by atoms with Crippen molar-refractivity contribution in [2.24, 2.45) is 11.8 Å². The van der Waals surface area contributed by atoms with Crippen molar-refractivity contribution in [3.05, 3.63) is 65.7 Å². The highest BCUT2D eigenvalue weighted by Crippen LogP contribution is 2.24. The fourth-order valence-electron chi connectivity index (χ4n) is 4.79. The van der Waals surface area contributed by atoms with Crippen molar-refractivity contribution in [2.75, 3.05) is 26.2 Å². The number of nitrogens with zero attached hydrogens (tertiary/aromatic N) is 2. The molecule has 2 aliphatic rings. The molecule has 0 aromatic heterocycles. The Bertz CT molecular complexity index is 1030. The molecular formula is C26H35N3O3S. The molecule has 1 N–H and O–H groups in total. The highest BCUT2D eigenvalue weighted by molar-refractivity contribution is 7.89. The first-order valence-electron chi connectivity index (χ1n) is 12.1. The molecule has 6 nitrogen and oxygen atoms in total. The maximum absolute atomic E-state index is 13.0. The first kappa shape index (κ1) is 23.9. The van der Waals surface area contributed by atoms with Gasteiger partial charge in [0.25, 0.3) is 0 Å². The summed E-state index contributed by atoms with van der Waals surface area (Å²) in [5, 5.41) is 3.09. The van der Waals surface area contributed by atoms with Crippen molar-refractivity contribution < 1.29 is 13.2 Å². The Morgan fingerprint density at radius 3 is 2.33 bits per heavy atom. The fraction of sp³-hybridized carbons (Fsp3) is 0.500. The maximum Gasteiger partial charge on any atom is 0.243 e. The number of amides is 1. The molecule has 7 heteroatoms. The molecule has 1 amide bonds. The van der Waals surface area contributed by atoms with E-state index in [0.29, 0.717) is 25.9 Å². The molecule has 4 rings (SSSR count). The second-order valence-corrected chi connectivity index (χ2v) is 11.4. The van der Waals surface area contributed by atoms with Gasteiger partial charge in [0.2, 0.25) is 15.9 Å². The molecular weight excluding hydrogens is 434 g/mol. The number of likely N-dealkylation sites (tertiary alicyclic amines) is 1.